The smallest absolute Gasteiger partial charge is 0.423 e. The Kier molecular flexibility index (Phi) is 2.96. The zero-order valence-corrected chi connectivity index (χ0v) is 13.6. The highest BCUT2D eigenvalue weighted by Crippen LogP contribution is 2.47. The Labute approximate surface area is 136 Å². The first-order chi connectivity index (χ1) is 10.9. The highest BCUT2D eigenvalue weighted by molar-refractivity contribution is 6.62. The molecule has 0 bridgehead atoms. The van der Waals surface area contributed by atoms with Gasteiger partial charge >= 0.3 is 7.12 Å². The summed E-state index contributed by atoms with van der Waals surface area (Å²) in [4.78, 5) is 0. The average Bonchev–Trinajstić information content (AvgIpc) is 2.82. The Balaban J connectivity index is 2.06. The van der Waals surface area contributed by atoms with Crippen molar-refractivity contribution in [3.05, 3.63) is 54.1 Å². The molecule has 0 amide bonds. The van der Waals surface area contributed by atoms with Gasteiger partial charge in [0.1, 0.15) is 0 Å². The van der Waals surface area contributed by atoms with E-state index in [1.165, 1.54) is 27.8 Å². The van der Waals surface area contributed by atoms with Crippen LogP contribution in [-0.2, 0) is 5.41 Å². The van der Waals surface area contributed by atoms with Crippen LogP contribution < -0.4 is 5.46 Å². The summed E-state index contributed by atoms with van der Waals surface area (Å²) >= 11 is 0. The Morgan fingerprint density at radius 1 is 0.783 bits per heavy atom. The highest BCUT2D eigenvalue weighted by Gasteiger charge is 2.26. The predicted octanol–water partition coefficient (Wildman–Crippen LogP) is 3.46. The maximum absolute atomic E-state index is 9.65. The van der Waals surface area contributed by atoms with Crippen LogP contribution in [0.1, 0.15) is 26.3 Å². The van der Waals surface area contributed by atoms with Gasteiger partial charge < -0.3 is 10.0 Å². The molecule has 3 aromatic rings. The third-order valence-corrected chi connectivity index (χ3v) is 4.82. The predicted molar refractivity (Wildman–Crippen MR) is 96.9 cm³/mol. The van der Waals surface area contributed by atoms with Gasteiger partial charge in [0, 0.05) is 0 Å². The molecule has 0 unspecified atom stereocenters. The van der Waals surface area contributed by atoms with Crippen LogP contribution >= 0.6 is 0 Å². The maximum atomic E-state index is 9.65. The van der Waals surface area contributed by atoms with E-state index < -0.39 is 7.12 Å². The van der Waals surface area contributed by atoms with Crippen LogP contribution in [0.5, 0.6) is 0 Å². The summed E-state index contributed by atoms with van der Waals surface area (Å²) in [5.41, 5.74) is 6.80. The monoisotopic (exact) mass is 302 g/mol. The van der Waals surface area contributed by atoms with Crippen LogP contribution in [0.2, 0.25) is 0 Å². The summed E-state index contributed by atoms with van der Waals surface area (Å²) < 4.78 is 0. The molecular formula is C20H19BO2. The summed E-state index contributed by atoms with van der Waals surface area (Å²) in [6, 6.07) is 16.6. The lowest BCUT2D eigenvalue weighted by Crippen LogP contribution is -2.30. The Bertz CT molecular complexity index is 936. The van der Waals surface area contributed by atoms with E-state index in [9.17, 15) is 10.0 Å². The number of rotatable bonds is 1. The zero-order chi connectivity index (χ0) is 16.4. The van der Waals surface area contributed by atoms with Gasteiger partial charge in [0.15, 0.2) is 0 Å². The summed E-state index contributed by atoms with van der Waals surface area (Å²) in [6.45, 7) is 6.66. The van der Waals surface area contributed by atoms with Gasteiger partial charge in [-0.1, -0.05) is 63.2 Å². The molecule has 0 aliphatic heterocycles. The first kappa shape index (κ1) is 14.5. The summed E-state index contributed by atoms with van der Waals surface area (Å²) in [5, 5.41) is 21.3. The molecule has 114 valence electrons. The minimum atomic E-state index is -1.45. The fourth-order valence-electron chi connectivity index (χ4n) is 3.57. The molecule has 3 aromatic carbocycles. The van der Waals surface area contributed by atoms with Gasteiger partial charge in [0.2, 0.25) is 0 Å². The van der Waals surface area contributed by atoms with E-state index in [1.54, 1.807) is 0 Å². The van der Waals surface area contributed by atoms with Crippen molar-refractivity contribution < 1.29 is 10.0 Å². The van der Waals surface area contributed by atoms with Crippen molar-refractivity contribution >= 4 is 23.4 Å². The van der Waals surface area contributed by atoms with Crippen LogP contribution in [0.15, 0.2) is 48.5 Å². The number of hydrogen-bond donors (Lipinski definition) is 2. The summed E-state index contributed by atoms with van der Waals surface area (Å²) in [6.07, 6.45) is 0. The zero-order valence-electron chi connectivity index (χ0n) is 13.6. The van der Waals surface area contributed by atoms with Crippen molar-refractivity contribution in [3.8, 4) is 22.3 Å². The van der Waals surface area contributed by atoms with E-state index in [0.717, 1.165) is 10.8 Å². The van der Waals surface area contributed by atoms with E-state index in [-0.39, 0.29) is 5.41 Å². The molecule has 0 heterocycles. The molecule has 0 fully saturated rings. The molecule has 0 atom stereocenters. The normalized spacial score (nSPS) is 12.6. The van der Waals surface area contributed by atoms with Crippen LogP contribution in [0.3, 0.4) is 0 Å². The molecule has 0 spiro atoms. The molecular weight excluding hydrogens is 283 g/mol. The van der Waals surface area contributed by atoms with Gasteiger partial charge in [0.05, 0.1) is 0 Å². The van der Waals surface area contributed by atoms with Crippen molar-refractivity contribution in [2.75, 3.05) is 0 Å². The summed E-state index contributed by atoms with van der Waals surface area (Å²) in [5.74, 6) is 0. The van der Waals surface area contributed by atoms with Crippen molar-refractivity contribution in [2.45, 2.75) is 26.2 Å². The quantitative estimate of drug-likeness (QED) is 0.529. The second kappa shape index (κ2) is 4.70. The van der Waals surface area contributed by atoms with Gasteiger partial charge in [0.25, 0.3) is 0 Å². The van der Waals surface area contributed by atoms with E-state index >= 15 is 0 Å². The maximum Gasteiger partial charge on any atom is 0.489 e. The van der Waals surface area contributed by atoms with Crippen molar-refractivity contribution in [1.82, 2.24) is 0 Å². The molecule has 0 radical (unpaired) electrons. The largest absolute Gasteiger partial charge is 0.489 e. The molecule has 1 aliphatic rings. The number of benzene rings is 3. The first-order valence-electron chi connectivity index (χ1n) is 7.95. The van der Waals surface area contributed by atoms with Gasteiger partial charge in [-0.05, 0) is 55.5 Å². The van der Waals surface area contributed by atoms with Crippen molar-refractivity contribution in [1.29, 1.82) is 0 Å². The van der Waals surface area contributed by atoms with E-state index in [2.05, 4.69) is 45.0 Å². The third-order valence-electron chi connectivity index (χ3n) is 4.82. The second-order valence-corrected chi connectivity index (χ2v) is 7.31. The van der Waals surface area contributed by atoms with Crippen molar-refractivity contribution in [3.63, 3.8) is 0 Å². The molecule has 1 aliphatic carbocycles. The Morgan fingerprint density at radius 3 is 2.17 bits per heavy atom. The van der Waals surface area contributed by atoms with Crippen LogP contribution in [-0.4, -0.2) is 17.2 Å². The molecule has 3 heteroatoms. The molecule has 23 heavy (non-hydrogen) atoms. The Hall–Kier alpha value is -2.10. The highest BCUT2D eigenvalue weighted by atomic mass is 16.4. The first-order valence-corrected chi connectivity index (χ1v) is 7.95. The minimum Gasteiger partial charge on any atom is -0.423 e. The summed E-state index contributed by atoms with van der Waals surface area (Å²) in [7, 11) is -1.45. The fourth-order valence-corrected chi connectivity index (χ4v) is 3.57. The van der Waals surface area contributed by atoms with Gasteiger partial charge in [-0.15, -0.1) is 0 Å². The molecule has 4 rings (SSSR count). The lowest BCUT2D eigenvalue weighted by molar-refractivity contribution is 0.426. The van der Waals surface area contributed by atoms with Crippen molar-refractivity contribution in [2.24, 2.45) is 0 Å². The van der Waals surface area contributed by atoms with Crippen LogP contribution in [0.25, 0.3) is 33.0 Å². The average molecular weight is 302 g/mol. The lowest BCUT2D eigenvalue weighted by atomic mass is 9.76. The molecule has 0 aromatic heterocycles. The van der Waals surface area contributed by atoms with E-state index in [0.29, 0.717) is 5.46 Å². The second-order valence-electron chi connectivity index (χ2n) is 7.31. The molecule has 2 nitrogen and oxygen atoms in total. The van der Waals surface area contributed by atoms with Crippen LogP contribution in [0, 0.1) is 0 Å². The molecule has 2 N–H and O–H groups in total. The third kappa shape index (κ3) is 2.04. The molecule has 0 saturated carbocycles. The Morgan fingerprint density at radius 2 is 1.48 bits per heavy atom. The molecule has 0 saturated heterocycles. The van der Waals surface area contributed by atoms with Gasteiger partial charge in [-0.25, -0.2) is 0 Å². The van der Waals surface area contributed by atoms with E-state index in [4.69, 9.17) is 0 Å². The minimum absolute atomic E-state index is 0.101. The van der Waals surface area contributed by atoms with E-state index in [1.807, 2.05) is 24.3 Å². The standard InChI is InChI=1S/C20H19BO2/c1-20(2,3)12-7-8-13-15-9-10-18(21(22)23)16-6-4-5-14(19(15)16)17(13)11-12/h4-11,22-23H,1-3H3. The number of fused-ring (bicyclic) bond motifs is 3. The topological polar surface area (TPSA) is 40.5 Å². The van der Waals surface area contributed by atoms with Gasteiger partial charge in [-0.3, -0.25) is 0 Å². The lowest BCUT2D eigenvalue weighted by Gasteiger charge is -2.20. The van der Waals surface area contributed by atoms with Gasteiger partial charge in [-0.2, -0.15) is 0 Å². The fraction of sp³-hybridized carbons (Fsp3) is 0.200. The SMILES string of the molecule is CC(C)(C)c1ccc2c(c1)-c1cccc3c(B(O)O)ccc-2c13. The number of hydrogen-bond acceptors (Lipinski definition) is 2. The van der Waals surface area contributed by atoms with Crippen LogP contribution in [0.4, 0.5) is 0 Å².